The Kier molecular flexibility index (Phi) is 6.99. The molecule has 1 aliphatic heterocycles. The number of sulfonamides is 1. The lowest BCUT2D eigenvalue weighted by molar-refractivity contribution is -0.386. The van der Waals surface area contributed by atoms with Crippen LogP contribution in [0.15, 0.2) is 29.3 Å². The van der Waals surface area contributed by atoms with Gasteiger partial charge in [-0.15, -0.1) is 0 Å². The van der Waals surface area contributed by atoms with E-state index in [0.29, 0.717) is 23.7 Å². The summed E-state index contributed by atoms with van der Waals surface area (Å²) in [6.45, 7) is 1.81. The van der Waals surface area contributed by atoms with Crippen molar-refractivity contribution in [2.45, 2.75) is 24.7 Å². The molecule has 1 fully saturated rings. The predicted molar refractivity (Wildman–Crippen MR) is 114 cm³/mol. The molecule has 1 saturated heterocycles. The molecule has 1 aliphatic rings. The highest BCUT2D eigenvalue weighted by atomic mass is 35.5. The number of nitrogens with zero attached hydrogens (tertiary/aromatic N) is 3. The number of aromatic nitrogens is 1. The zero-order valence-corrected chi connectivity index (χ0v) is 18.6. The molecule has 10 nitrogen and oxygen atoms in total. The van der Waals surface area contributed by atoms with E-state index in [-0.39, 0.29) is 21.5 Å². The molecule has 0 saturated carbocycles. The topological polar surface area (TPSA) is 132 Å². The molecule has 1 aromatic heterocycles. The lowest BCUT2D eigenvalue weighted by atomic mass is 10.3. The van der Waals surface area contributed by atoms with Gasteiger partial charge in [-0.3, -0.25) is 14.9 Å². The SMILES string of the molecule is Cc1c(Cl)cnc(NC(=O)COc2ccc(S(=O)(=O)N3CCCC3)cc2[N+](=O)[O-])c1Cl. The summed E-state index contributed by atoms with van der Waals surface area (Å²) in [6.07, 6.45) is 2.80. The van der Waals surface area contributed by atoms with E-state index in [0.717, 1.165) is 25.0 Å². The van der Waals surface area contributed by atoms with Crippen molar-refractivity contribution in [3.05, 3.63) is 50.1 Å². The molecule has 166 valence electrons. The fraction of sp³-hybridized carbons (Fsp3) is 0.333. The number of halogens is 2. The van der Waals surface area contributed by atoms with Crippen LogP contribution < -0.4 is 10.1 Å². The second-order valence-electron chi connectivity index (χ2n) is 6.73. The number of carbonyl (C=O) groups excluding carboxylic acids is 1. The monoisotopic (exact) mass is 488 g/mol. The first-order valence-corrected chi connectivity index (χ1v) is 11.3. The van der Waals surface area contributed by atoms with Gasteiger partial charge in [-0.2, -0.15) is 4.31 Å². The largest absolute Gasteiger partial charge is 0.477 e. The standard InChI is InChI=1S/C18H18Cl2N4O6S/c1-11-13(19)9-21-18(17(11)20)22-16(25)10-30-15-5-4-12(8-14(15)24(26)27)31(28,29)23-6-2-3-7-23/h4-5,8-9H,2-3,6-7,10H2,1H3,(H,21,22,25). The highest BCUT2D eigenvalue weighted by molar-refractivity contribution is 7.89. The van der Waals surface area contributed by atoms with Crippen LogP contribution in [0.25, 0.3) is 0 Å². The first-order valence-electron chi connectivity index (χ1n) is 9.13. The summed E-state index contributed by atoms with van der Waals surface area (Å²) in [4.78, 5) is 26.6. The summed E-state index contributed by atoms with van der Waals surface area (Å²) >= 11 is 12.0. The highest BCUT2D eigenvalue weighted by Gasteiger charge is 2.30. The van der Waals surface area contributed by atoms with Crippen LogP contribution in [-0.2, 0) is 14.8 Å². The summed E-state index contributed by atoms with van der Waals surface area (Å²) in [5.41, 5.74) is -0.0356. The first kappa shape index (κ1) is 23.2. The molecule has 2 heterocycles. The van der Waals surface area contributed by atoms with E-state index in [1.807, 2.05) is 0 Å². The minimum absolute atomic E-state index is 0.0683. The Morgan fingerprint density at radius 1 is 1.32 bits per heavy atom. The van der Waals surface area contributed by atoms with Gasteiger partial charge < -0.3 is 10.1 Å². The van der Waals surface area contributed by atoms with Crippen LogP contribution >= 0.6 is 23.2 Å². The van der Waals surface area contributed by atoms with Crippen LogP contribution in [0.4, 0.5) is 11.5 Å². The van der Waals surface area contributed by atoms with Gasteiger partial charge in [0.15, 0.2) is 18.2 Å². The van der Waals surface area contributed by atoms with E-state index in [9.17, 15) is 23.3 Å². The number of ether oxygens (including phenoxy) is 1. The quantitative estimate of drug-likeness (QED) is 0.466. The number of rotatable bonds is 7. The number of amides is 1. The third kappa shape index (κ3) is 5.06. The van der Waals surface area contributed by atoms with E-state index >= 15 is 0 Å². The number of nitro groups is 1. The number of carbonyl (C=O) groups is 1. The molecule has 0 bridgehead atoms. The van der Waals surface area contributed by atoms with Gasteiger partial charge in [0, 0.05) is 25.4 Å². The number of hydrogen-bond acceptors (Lipinski definition) is 7. The summed E-state index contributed by atoms with van der Waals surface area (Å²) in [7, 11) is -3.84. The number of nitrogens with one attached hydrogen (secondary N) is 1. The van der Waals surface area contributed by atoms with Crippen LogP contribution in [0, 0.1) is 17.0 Å². The molecule has 13 heteroatoms. The third-order valence-corrected chi connectivity index (χ3v) is 7.39. The van der Waals surface area contributed by atoms with Gasteiger partial charge in [0.1, 0.15) is 0 Å². The summed E-state index contributed by atoms with van der Waals surface area (Å²) < 4.78 is 31.8. The Balaban J connectivity index is 1.75. The van der Waals surface area contributed by atoms with Crippen LogP contribution in [-0.4, -0.2) is 48.2 Å². The Bertz CT molecular complexity index is 1140. The fourth-order valence-electron chi connectivity index (χ4n) is 2.96. The maximum atomic E-state index is 12.6. The zero-order valence-electron chi connectivity index (χ0n) is 16.3. The van der Waals surface area contributed by atoms with E-state index in [1.54, 1.807) is 6.92 Å². The number of anilines is 1. The molecule has 0 unspecified atom stereocenters. The van der Waals surface area contributed by atoms with E-state index in [4.69, 9.17) is 27.9 Å². The number of hydrogen-bond donors (Lipinski definition) is 1. The second kappa shape index (κ2) is 9.35. The van der Waals surface area contributed by atoms with Crippen molar-refractivity contribution < 1.29 is 22.9 Å². The normalized spacial score (nSPS) is 14.4. The minimum Gasteiger partial charge on any atom is -0.477 e. The average molecular weight is 489 g/mol. The summed E-state index contributed by atoms with van der Waals surface area (Å²) in [6, 6.07) is 3.31. The van der Waals surface area contributed by atoms with Gasteiger partial charge >= 0.3 is 5.69 Å². The molecule has 2 aromatic rings. The minimum atomic E-state index is -3.84. The number of nitro benzene ring substituents is 1. The molecule has 3 rings (SSSR count). The smallest absolute Gasteiger partial charge is 0.312 e. The third-order valence-electron chi connectivity index (χ3n) is 4.65. The molecule has 1 aromatic carbocycles. The molecular weight excluding hydrogens is 471 g/mol. The Morgan fingerprint density at radius 2 is 2.00 bits per heavy atom. The first-order chi connectivity index (χ1) is 14.6. The summed E-state index contributed by atoms with van der Waals surface area (Å²) in [5.74, 6) is -0.843. The molecule has 31 heavy (non-hydrogen) atoms. The maximum absolute atomic E-state index is 12.6. The van der Waals surface area contributed by atoms with Crippen LogP contribution in [0.3, 0.4) is 0 Å². The average Bonchev–Trinajstić information content (AvgIpc) is 3.28. The highest BCUT2D eigenvalue weighted by Crippen LogP contribution is 2.32. The predicted octanol–water partition coefficient (Wildman–Crippen LogP) is 3.41. The molecule has 0 spiro atoms. The number of benzene rings is 1. The van der Waals surface area contributed by atoms with Crippen molar-refractivity contribution >= 4 is 50.6 Å². The molecule has 1 N–H and O–H groups in total. The summed E-state index contributed by atoms with van der Waals surface area (Å²) in [5, 5.41) is 14.4. The van der Waals surface area contributed by atoms with Gasteiger partial charge in [0.05, 0.1) is 19.9 Å². The fourth-order valence-corrected chi connectivity index (χ4v) is 4.88. The maximum Gasteiger partial charge on any atom is 0.312 e. The Morgan fingerprint density at radius 3 is 2.65 bits per heavy atom. The van der Waals surface area contributed by atoms with Crippen molar-refractivity contribution in [1.82, 2.24) is 9.29 Å². The van der Waals surface area contributed by atoms with Gasteiger partial charge in [0.25, 0.3) is 5.91 Å². The van der Waals surface area contributed by atoms with E-state index in [2.05, 4.69) is 10.3 Å². The van der Waals surface area contributed by atoms with Gasteiger partial charge in [-0.25, -0.2) is 13.4 Å². The Labute approximate surface area is 188 Å². The van der Waals surface area contributed by atoms with Gasteiger partial charge in [-0.05, 0) is 37.5 Å². The number of pyridine rings is 1. The van der Waals surface area contributed by atoms with Crippen molar-refractivity contribution in [2.75, 3.05) is 25.0 Å². The van der Waals surface area contributed by atoms with Gasteiger partial charge in [0.2, 0.25) is 10.0 Å². The van der Waals surface area contributed by atoms with Crippen molar-refractivity contribution in [1.29, 1.82) is 0 Å². The van der Waals surface area contributed by atoms with Crippen LogP contribution in [0.1, 0.15) is 18.4 Å². The molecular formula is C18H18Cl2N4O6S. The van der Waals surface area contributed by atoms with Crippen molar-refractivity contribution in [3.8, 4) is 5.75 Å². The van der Waals surface area contributed by atoms with E-state index < -0.39 is 33.1 Å². The molecule has 1 amide bonds. The Hall–Kier alpha value is -2.47. The van der Waals surface area contributed by atoms with Crippen LogP contribution in [0.2, 0.25) is 10.0 Å². The van der Waals surface area contributed by atoms with Crippen molar-refractivity contribution in [2.24, 2.45) is 0 Å². The second-order valence-corrected chi connectivity index (χ2v) is 9.45. The lowest BCUT2D eigenvalue weighted by Gasteiger charge is -2.16. The molecule has 0 atom stereocenters. The zero-order chi connectivity index (χ0) is 22.8. The lowest BCUT2D eigenvalue weighted by Crippen LogP contribution is -2.28. The van der Waals surface area contributed by atoms with Gasteiger partial charge in [-0.1, -0.05) is 23.2 Å². The van der Waals surface area contributed by atoms with E-state index in [1.165, 1.54) is 16.6 Å². The molecule has 0 radical (unpaired) electrons. The van der Waals surface area contributed by atoms with Crippen molar-refractivity contribution in [3.63, 3.8) is 0 Å². The molecule has 0 aliphatic carbocycles. The van der Waals surface area contributed by atoms with Crippen LogP contribution in [0.5, 0.6) is 5.75 Å².